The summed E-state index contributed by atoms with van der Waals surface area (Å²) in [6.45, 7) is 4.07. The van der Waals surface area contributed by atoms with E-state index in [0.29, 0.717) is 22.6 Å². The van der Waals surface area contributed by atoms with Crippen LogP contribution in [0, 0.1) is 0 Å². The third kappa shape index (κ3) is 3.58. The number of benzene rings is 1. The van der Waals surface area contributed by atoms with Gasteiger partial charge in [0.15, 0.2) is 5.65 Å². The third-order valence-electron chi connectivity index (χ3n) is 5.97. The van der Waals surface area contributed by atoms with E-state index >= 15 is 0 Å². The fourth-order valence-electron chi connectivity index (χ4n) is 4.08. The first-order chi connectivity index (χ1) is 15.0. The van der Waals surface area contributed by atoms with Crippen LogP contribution in [0.2, 0.25) is 0 Å². The second-order valence-electron chi connectivity index (χ2n) is 8.46. The van der Waals surface area contributed by atoms with Crippen molar-refractivity contribution >= 4 is 28.1 Å². The summed E-state index contributed by atoms with van der Waals surface area (Å²) in [6.07, 6.45) is 6.86. The predicted octanol–water partition coefficient (Wildman–Crippen LogP) is 3.47. The summed E-state index contributed by atoms with van der Waals surface area (Å²) in [4.78, 5) is 25.8. The Morgan fingerprint density at radius 2 is 2.06 bits per heavy atom. The Kier molecular flexibility index (Phi) is 4.77. The van der Waals surface area contributed by atoms with Gasteiger partial charge in [-0.3, -0.25) is 18.7 Å². The molecule has 0 spiro atoms. The van der Waals surface area contributed by atoms with E-state index in [1.165, 1.54) is 24.8 Å². The molecule has 0 radical (unpaired) electrons. The van der Waals surface area contributed by atoms with Gasteiger partial charge in [-0.15, -0.1) is 10.2 Å². The van der Waals surface area contributed by atoms with Crippen molar-refractivity contribution in [3.05, 3.63) is 64.3 Å². The van der Waals surface area contributed by atoms with E-state index < -0.39 is 0 Å². The molecule has 4 aromatic rings. The van der Waals surface area contributed by atoms with Crippen molar-refractivity contribution in [1.82, 2.24) is 24.4 Å². The highest BCUT2D eigenvalue weighted by molar-refractivity contribution is 5.92. The zero-order valence-corrected chi connectivity index (χ0v) is 17.6. The summed E-state index contributed by atoms with van der Waals surface area (Å²) >= 11 is 0. The van der Waals surface area contributed by atoms with Crippen LogP contribution in [-0.4, -0.2) is 30.3 Å². The second-order valence-corrected chi connectivity index (χ2v) is 8.46. The van der Waals surface area contributed by atoms with Crippen LogP contribution in [0.25, 0.3) is 16.6 Å². The molecule has 1 aliphatic carbocycles. The lowest BCUT2D eigenvalue weighted by molar-refractivity contribution is -0.115. The fraction of sp³-hybridized carbons (Fsp3) is 0.348. The molecule has 0 saturated heterocycles. The molecule has 8 heteroatoms. The Hall–Kier alpha value is -3.55. The number of anilines is 1. The highest BCUT2D eigenvalue weighted by atomic mass is 16.1. The number of nitrogens with zero attached hydrogens (tertiary/aromatic N) is 5. The average Bonchev–Trinajstić information content (AvgIpc) is 3.16. The molecule has 5 rings (SSSR count). The minimum Gasteiger partial charge on any atom is -0.324 e. The maximum atomic E-state index is 13.1. The molecular weight excluding hydrogens is 392 g/mol. The lowest BCUT2D eigenvalue weighted by atomic mass is 9.80. The zero-order valence-electron chi connectivity index (χ0n) is 17.6. The number of carbonyl (C=O) groups is 1. The maximum Gasteiger partial charge on any atom is 0.230 e. The van der Waals surface area contributed by atoms with E-state index in [9.17, 15) is 9.59 Å². The summed E-state index contributed by atoms with van der Waals surface area (Å²) in [5, 5.41) is 15.8. The normalized spacial score (nSPS) is 14.3. The minimum absolute atomic E-state index is 0.0673. The Balaban J connectivity index is 1.46. The molecule has 1 aliphatic rings. The molecular formula is C23H24N6O2. The quantitative estimate of drug-likeness (QED) is 0.538. The summed E-state index contributed by atoms with van der Waals surface area (Å²) in [6, 6.07) is 9.64. The highest BCUT2D eigenvalue weighted by Gasteiger charge is 2.22. The first-order valence-corrected chi connectivity index (χ1v) is 10.6. The van der Waals surface area contributed by atoms with Crippen molar-refractivity contribution in [1.29, 1.82) is 0 Å². The van der Waals surface area contributed by atoms with E-state index in [2.05, 4.69) is 32.7 Å². The van der Waals surface area contributed by atoms with Gasteiger partial charge in [-0.1, -0.05) is 12.5 Å². The van der Waals surface area contributed by atoms with Crippen molar-refractivity contribution < 1.29 is 4.79 Å². The van der Waals surface area contributed by atoms with Crippen LogP contribution >= 0.6 is 0 Å². The van der Waals surface area contributed by atoms with Gasteiger partial charge in [-0.25, -0.2) is 0 Å². The van der Waals surface area contributed by atoms with Gasteiger partial charge in [-0.2, -0.15) is 5.10 Å². The molecule has 1 N–H and O–H groups in total. The van der Waals surface area contributed by atoms with E-state index in [1.54, 1.807) is 29.1 Å². The van der Waals surface area contributed by atoms with Gasteiger partial charge in [0.2, 0.25) is 11.3 Å². The molecule has 1 saturated carbocycles. The summed E-state index contributed by atoms with van der Waals surface area (Å²) < 4.78 is 3.58. The maximum absolute atomic E-state index is 13.1. The van der Waals surface area contributed by atoms with Crippen LogP contribution in [0.3, 0.4) is 0 Å². The number of rotatable bonds is 5. The van der Waals surface area contributed by atoms with E-state index in [1.807, 2.05) is 24.6 Å². The van der Waals surface area contributed by atoms with Crippen LogP contribution in [0.4, 0.5) is 5.69 Å². The standard InChI is InChI=1S/C23H24N6O2/c1-14(2)29-20-10-16(15-4-3-5-15)6-8-18(20)23(31)19(27-29)11-22(30)25-17-7-9-21-26-24-13-28(21)12-17/h6-10,12-15H,3-5,11H2,1-2H3,(H,25,30). The van der Waals surface area contributed by atoms with E-state index in [0.717, 1.165) is 5.52 Å². The molecule has 0 bridgehead atoms. The number of fused-ring (bicyclic) bond motifs is 2. The van der Waals surface area contributed by atoms with Gasteiger partial charge in [-0.05, 0) is 62.4 Å². The number of hydrogen-bond acceptors (Lipinski definition) is 5. The Morgan fingerprint density at radius 1 is 1.23 bits per heavy atom. The van der Waals surface area contributed by atoms with Gasteiger partial charge in [0.05, 0.1) is 17.6 Å². The summed E-state index contributed by atoms with van der Waals surface area (Å²) in [7, 11) is 0. The minimum atomic E-state index is -0.294. The SMILES string of the molecule is CC(C)n1nc(CC(=O)Nc2ccc3nncn3c2)c(=O)c2ccc(C3CCC3)cc21. The van der Waals surface area contributed by atoms with Gasteiger partial charge >= 0.3 is 0 Å². The van der Waals surface area contributed by atoms with Crippen molar-refractivity contribution in [2.45, 2.75) is 51.5 Å². The zero-order chi connectivity index (χ0) is 21.5. The number of pyridine rings is 1. The van der Waals surface area contributed by atoms with Crippen LogP contribution in [0.5, 0.6) is 0 Å². The van der Waals surface area contributed by atoms with Crippen LogP contribution < -0.4 is 10.7 Å². The van der Waals surface area contributed by atoms with Crippen LogP contribution in [0.1, 0.15) is 56.3 Å². The van der Waals surface area contributed by atoms with Crippen molar-refractivity contribution in [3.63, 3.8) is 0 Å². The van der Waals surface area contributed by atoms with Gasteiger partial charge in [0, 0.05) is 17.6 Å². The van der Waals surface area contributed by atoms with E-state index in [-0.39, 0.29) is 29.5 Å². The third-order valence-corrected chi connectivity index (χ3v) is 5.97. The molecule has 1 aromatic carbocycles. The number of nitrogens with one attached hydrogen (secondary N) is 1. The van der Waals surface area contributed by atoms with Crippen LogP contribution in [0.15, 0.2) is 47.7 Å². The second kappa shape index (κ2) is 7.61. The van der Waals surface area contributed by atoms with E-state index in [4.69, 9.17) is 0 Å². The average molecular weight is 416 g/mol. The molecule has 1 fully saturated rings. The molecule has 31 heavy (non-hydrogen) atoms. The van der Waals surface area contributed by atoms with Gasteiger partial charge < -0.3 is 5.32 Å². The van der Waals surface area contributed by atoms with Crippen molar-refractivity contribution in [2.75, 3.05) is 5.32 Å². The lowest BCUT2D eigenvalue weighted by Gasteiger charge is -2.26. The Morgan fingerprint density at radius 3 is 2.81 bits per heavy atom. The molecule has 0 unspecified atom stereocenters. The summed E-state index contributed by atoms with van der Waals surface area (Å²) in [5.41, 5.74) is 3.47. The van der Waals surface area contributed by atoms with Gasteiger partial charge in [0.25, 0.3) is 0 Å². The van der Waals surface area contributed by atoms with Gasteiger partial charge in [0.1, 0.15) is 12.0 Å². The first kappa shape index (κ1) is 19.4. The number of aromatic nitrogens is 5. The molecule has 8 nitrogen and oxygen atoms in total. The summed E-state index contributed by atoms with van der Waals surface area (Å²) in [5.74, 6) is 0.284. The number of carbonyl (C=O) groups excluding carboxylic acids is 1. The first-order valence-electron chi connectivity index (χ1n) is 10.6. The number of amides is 1. The van der Waals surface area contributed by atoms with Crippen LogP contribution in [-0.2, 0) is 11.2 Å². The molecule has 0 aliphatic heterocycles. The Bertz CT molecular complexity index is 1350. The largest absolute Gasteiger partial charge is 0.324 e. The molecule has 3 aromatic heterocycles. The molecule has 1 amide bonds. The fourth-order valence-corrected chi connectivity index (χ4v) is 4.08. The molecule has 158 valence electrons. The number of hydrogen-bond donors (Lipinski definition) is 1. The van der Waals surface area contributed by atoms with Crippen molar-refractivity contribution in [2.24, 2.45) is 0 Å². The smallest absolute Gasteiger partial charge is 0.230 e. The molecule has 3 heterocycles. The molecule has 0 atom stereocenters. The van der Waals surface area contributed by atoms with Crippen molar-refractivity contribution in [3.8, 4) is 0 Å². The monoisotopic (exact) mass is 416 g/mol. The topological polar surface area (TPSA) is 94.2 Å². The lowest BCUT2D eigenvalue weighted by Crippen LogP contribution is -2.25. The Labute approximate surface area is 178 Å². The predicted molar refractivity (Wildman–Crippen MR) is 118 cm³/mol. The highest BCUT2D eigenvalue weighted by Crippen LogP contribution is 2.37.